The molecule has 0 aliphatic carbocycles. The second-order valence-corrected chi connectivity index (χ2v) is 5.08. The average Bonchev–Trinajstić information content (AvgIpc) is 2.48. The van der Waals surface area contributed by atoms with Crippen molar-refractivity contribution in [2.45, 2.75) is 55.3 Å². The zero-order valence-electron chi connectivity index (χ0n) is 11.0. The lowest BCUT2D eigenvalue weighted by atomic mass is 9.99. The molecule has 2 aliphatic rings. The van der Waals surface area contributed by atoms with E-state index in [2.05, 4.69) is 0 Å². The molecular formula is C11H20O10. The largest absolute Gasteiger partial charge is 0.394 e. The molecule has 0 aromatic rings. The van der Waals surface area contributed by atoms with E-state index in [4.69, 9.17) is 19.3 Å². The number of ether oxygens (including phenoxy) is 3. The van der Waals surface area contributed by atoms with Crippen LogP contribution in [0.1, 0.15) is 0 Å². The first-order valence-corrected chi connectivity index (χ1v) is 6.48. The summed E-state index contributed by atoms with van der Waals surface area (Å²) in [6.45, 7) is -0.930. The predicted octanol–water partition coefficient (Wildman–Crippen LogP) is -4.76. The van der Waals surface area contributed by atoms with Gasteiger partial charge in [0.1, 0.15) is 42.7 Å². The van der Waals surface area contributed by atoms with Crippen LogP contribution in [0.25, 0.3) is 0 Å². The lowest BCUT2D eigenvalue weighted by molar-refractivity contribution is -0.365. The Labute approximate surface area is 119 Å². The van der Waals surface area contributed by atoms with Crippen LogP contribution in [-0.4, -0.2) is 104 Å². The standard InChI is InChI=1S/C11H20O10/c12-1-4-6(15)7(16)9(18)11(20-4)21-10-8(17)5(14)3(13)2-19-10/h3-18H,1-2H2/t3-,4-,5+,6-,7+,8-,9-,10+,11?/m1/s1. The van der Waals surface area contributed by atoms with E-state index in [1.165, 1.54) is 0 Å². The van der Waals surface area contributed by atoms with Crippen molar-refractivity contribution in [1.82, 2.24) is 0 Å². The third-order valence-electron chi connectivity index (χ3n) is 3.57. The molecule has 2 aliphatic heterocycles. The minimum atomic E-state index is -1.65. The lowest BCUT2D eigenvalue weighted by Gasteiger charge is -2.42. The molecule has 2 saturated heterocycles. The van der Waals surface area contributed by atoms with E-state index >= 15 is 0 Å². The SMILES string of the molecule is OC[C@H]1OC(O[C@@H]2OC[C@@H](O)[C@H](O)[C@H]2O)[C@H](O)[C@@H](O)[C@@H]1O. The maximum absolute atomic E-state index is 9.77. The highest BCUT2D eigenvalue weighted by Crippen LogP contribution is 2.25. The highest BCUT2D eigenvalue weighted by Gasteiger charge is 2.47. The van der Waals surface area contributed by atoms with Crippen molar-refractivity contribution in [2.75, 3.05) is 13.2 Å². The summed E-state index contributed by atoms with van der Waals surface area (Å²) in [6, 6.07) is 0. The van der Waals surface area contributed by atoms with E-state index in [1.807, 2.05) is 0 Å². The molecule has 1 unspecified atom stereocenters. The maximum atomic E-state index is 9.77. The third-order valence-corrected chi connectivity index (χ3v) is 3.57. The van der Waals surface area contributed by atoms with Crippen molar-refractivity contribution in [3.05, 3.63) is 0 Å². The zero-order valence-corrected chi connectivity index (χ0v) is 11.0. The fourth-order valence-electron chi connectivity index (χ4n) is 2.21. The van der Waals surface area contributed by atoms with Gasteiger partial charge in [-0.05, 0) is 0 Å². The minimum Gasteiger partial charge on any atom is -0.394 e. The van der Waals surface area contributed by atoms with Crippen LogP contribution in [0.2, 0.25) is 0 Å². The molecule has 10 heteroatoms. The fourth-order valence-corrected chi connectivity index (χ4v) is 2.21. The molecule has 21 heavy (non-hydrogen) atoms. The molecule has 2 fully saturated rings. The number of aliphatic hydroxyl groups is 7. The van der Waals surface area contributed by atoms with Gasteiger partial charge < -0.3 is 50.0 Å². The number of hydrogen-bond donors (Lipinski definition) is 7. The Morgan fingerprint density at radius 2 is 1.43 bits per heavy atom. The summed E-state index contributed by atoms with van der Waals surface area (Å²) < 4.78 is 15.2. The molecule has 124 valence electrons. The van der Waals surface area contributed by atoms with Crippen molar-refractivity contribution < 1.29 is 50.0 Å². The van der Waals surface area contributed by atoms with Crippen LogP contribution in [0.4, 0.5) is 0 Å². The van der Waals surface area contributed by atoms with Gasteiger partial charge in [0.2, 0.25) is 0 Å². The summed E-state index contributed by atoms with van der Waals surface area (Å²) in [5, 5.41) is 66.5. The second-order valence-electron chi connectivity index (χ2n) is 5.08. The highest BCUT2D eigenvalue weighted by atomic mass is 16.8. The monoisotopic (exact) mass is 312 g/mol. The quantitative estimate of drug-likeness (QED) is 0.268. The Hall–Kier alpha value is -0.400. The summed E-state index contributed by atoms with van der Waals surface area (Å²) in [7, 11) is 0. The molecule has 10 nitrogen and oxygen atoms in total. The van der Waals surface area contributed by atoms with Crippen LogP contribution in [0, 0.1) is 0 Å². The van der Waals surface area contributed by atoms with Crippen molar-refractivity contribution in [2.24, 2.45) is 0 Å². The minimum absolute atomic E-state index is 0.305. The summed E-state index contributed by atoms with van der Waals surface area (Å²) in [5.74, 6) is 0. The van der Waals surface area contributed by atoms with E-state index in [9.17, 15) is 30.6 Å². The Kier molecular flexibility index (Phi) is 5.48. The summed E-state index contributed by atoms with van der Waals surface area (Å²) >= 11 is 0. The van der Waals surface area contributed by atoms with Crippen molar-refractivity contribution in [1.29, 1.82) is 0 Å². The summed E-state index contributed by atoms with van der Waals surface area (Å²) in [5.41, 5.74) is 0. The molecule has 2 heterocycles. The van der Waals surface area contributed by atoms with Gasteiger partial charge in [0.05, 0.1) is 13.2 Å². The molecule has 0 spiro atoms. The molecule has 9 atom stereocenters. The zero-order chi connectivity index (χ0) is 15.7. The topological polar surface area (TPSA) is 169 Å². The van der Waals surface area contributed by atoms with Crippen molar-refractivity contribution in [3.8, 4) is 0 Å². The molecular weight excluding hydrogens is 292 g/mol. The Morgan fingerprint density at radius 1 is 0.810 bits per heavy atom. The van der Waals surface area contributed by atoms with Crippen molar-refractivity contribution >= 4 is 0 Å². The smallest absolute Gasteiger partial charge is 0.189 e. The molecule has 0 bridgehead atoms. The molecule has 0 radical (unpaired) electrons. The summed E-state index contributed by atoms with van der Waals surface area (Å²) in [4.78, 5) is 0. The van der Waals surface area contributed by atoms with Gasteiger partial charge in [-0.1, -0.05) is 0 Å². The van der Waals surface area contributed by atoms with Crippen LogP contribution < -0.4 is 0 Å². The Balaban J connectivity index is 2.01. The average molecular weight is 312 g/mol. The fraction of sp³-hybridized carbons (Fsp3) is 1.00. The van der Waals surface area contributed by atoms with Crippen LogP contribution in [0.5, 0.6) is 0 Å². The number of hydrogen-bond acceptors (Lipinski definition) is 10. The van der Waals surface area contributed by atoms with Gasteiger partial charge in [0, 0.05) is 0 Å². The summed E-state index contributed by atoms with van der Waals surface area (Å²) in [6.07, 6.45) is -13.3. The van der Waals surface area contributed by atoms with Gasteiger partial charge in [-0.3, -0.25) is 0 Å². The van der Waals surface area contributed by atoms with Crippen LogP contribution in [-0.2, 0) is 14.2 Å². The third kappa shape index (κ3) is 3.35. The normalized spacial score (nSPS) is 51.9. The molecule has 0 aromatic carbocycles. The number of aliphatic hydroxyl groups excluding tert-OH is 7. The molecule has 0 aromatic heterocycles. The van der Waals surface area contributed by atoms with E-state index in [0.29, 0.717) is 0 Å². The Bertz CT molecular complexity index is 339. The van der Waals surface area contributed by atoms with E-state index in [1.54, 1.807) is 0 Å². The Morgan fingerprint density at radius 3 is 2.05 bits per heavy atom. The first-order chi connectivity index (χ1) is 9.86. The molecule has 7 N–H and O–H groups in total. The predicted molar refractivity (Wildman–Crippen MR) is 62.6 cm³/mol. The van der Waals surface area contributed by atoms with Gasteiger partial charge in [0.25, 0.3) is 0 Å². The highest BCUT2D eigenvalue weighted by molar-refractivity contribution is 4.90. The van der Waals surface area contributed by atoms with Crippen LogP contribution in [0.3, 0.4) is 0 Å². The lowest BCUT2D eigenvalue weighted by Crippen LogP contribution is -2.62. The first-order valence-electron chi connectivity index (χ1n) is 6.48. The molecule has 2 rings (SSSR count). The van der Waals surface area contributed by atoms with E-state index < -0.39 is 61.9 Å². The van der Waals surface area contributed by atoms with Gasteiger partial charge >= 0.3 is 0 Å². The molecule has 0 saturated carbocycles. The molecule has 0 amide bonds. The van der Waals surface area contributed by atoms with Gasteiger partial charge in [-0.25, -0.2) is 0 Å². The van der Waals surface area contributed by atoms with Crippen LogP contribution in [0.15, 0.2) is 0 Å². The maximum Gasteiger partial charge on any atom is 0.189 e. The van der Waals surface area contributed by atoms with Crippen molar-refractivity contribution in [3.63, 3.8) is 0 Å². The van der Waals surface area contributed by atoms with Gasteiger partial charge in [0.15, 0.2) is 12.6 Å². The van der Waals surface area contributed by atoms with Gasteiger partial charge in [-0.2, -0.15) is 0 Å². The first kappa shape index (κ1) is 17.0. The second kappa shape index (κ2) is 6.79. The number of rotatable bonds is 3. The van der Waals surface area contributed by atoms with E-state index in [0.717, 1.165) is 0 Å². The van der Waals surface area contributed by atoms with Crippen LogP contribution >= 0.6 is 0 Å². The van der Waals surface area contributed by atoms with Gasteiger partial charge in [-0.15, -0.1) is 0 Å². The van der Waals surface area contributed by atoms with E-state index in [-0.39, 0.29) is 6.61 Å².